The Morgan fingerprint density at radius 1 is 1.35 bits per heavy atom. The van der Waals surface area contributed by atoms with E-state index in [-0.39, 0.29) is 5.88 Å². The number of para-hydroxylation sites is 1. The van der Waals surface area contributed by atoms with Gasteiger partial charge in [-0.25, -0.2) is 4.39 Å². The molecule has 0 radical (unpaired) electrons. The fourth-order valence-corrected chi connectivity index (χ4v) is 1.60. The van der Waals surface area contributed by atoms with Gasteiger partial charge < -0.3 is 10.1 Å². The van der Waals surface area contributed by atoms with Crippen LogP contribution in [-0.2, 0) is 0 Å². The number of nitrogens with zero attached hydrogens (tertiary/aromatic N) is 2. The minimum atomic E-state index is -0.810. The van der Waals surface area contributed by atoms with Gasteiger partial charge in [0, 0.05) is 18.7 Å². The maximum atomic E-state index is 13.7. The summed E-state index contributed by atoms with van der Waals surface area (Å²) in [6.07, 6.45) is 0. The Balaban J connectivity index is 2.34. The average Bonchev–Trinajstić information content (AvgIpc) is 2.41. The molecule has 0 amide bonds. The van der Waals surface area contributed by atoms with Crippen LogP contribution >= 0.6 is 0 Å². The number of ether oxygens (including phenoxy) is 1. The number of nitro groups is 1. The van der Waals surface area contributed by atoms with Gasteiger partial charge in [-0.15, -0.1) is 0 Å². The van der Waals surface area contributed by atoms with E-state index in [2.05, 4.69) is 10.3 Å². The summed E-state index contributed by atoms with van der Waals surface area (Å²) in [5, 5.41) is 13.8. The number of hydrogen-bond acceptors (Lipinski definition) is 5. The number of anilines is 1. The quantitative estimate of drug-likeness (QED) is 0.669. The Kier molecular flexibility index (Phi) is 4.09. The third-order valence-electron chi connectivity index (χ3n) is 2.43. The number of nitro benzene ring substituents is 1. The highest BCUT2D eigenvalue weighted by Gasteiger charge is 2.20. The first-order chi connectivity index (χ1) is 9.61. The second-order valence-electron chi connectivity index (χ2n) is 3.84. The van der Waals surface area contributed by atoms with Crippen molar-refractivity contribution in [1.29, 1.82) is 0 Å². The Bertz CT molecular complexity index is 634. The largest absolute Gasteiger partial charge is 0.429 e. The normalized spacial score (nSPS) is 10.1. The van der Waals surface area contributed by atoms with Gasteiger partial charge >= 0.3 is 5.69 Å². The van der Waals surface area contributed by atoms with E-state index in [9.17, 15) is 14.5 Å². The van der Waals surface area contributed by atoms with Crippen molar-refractivity contribution in [2.45, 2.75) is 6.92 Å². The van der Waals surface area contributed by atoms with E-state index in [1.165, 1.54) is 18.2 Å². The Morgan fingerprint density at radius 3 is 2.80 bits per heavy atom. The molecule has 6 nitrogen and oxygen atoms in total. The lowest BCUT2D eigenvalue weighted by Gasteiger charge is -2.08. The Labute approximate surface area is 114 Å². The third kappa shape index (κ3) is 3.00. The zero-order valence-corrected chi connectivity index (χ0v) is 10.7. The second-order valence-corrected chi connectivity index (χ2v) is 3.84. The molecule has 7 heteroatoms. The van der Waals surface area contributed by atoms with E-state index in [0.717, 1.165) is 6.07 Å². The van der Waals surface area contributed by atoms with Crippen molar-refractivity contribution in [3.8, 4) is 11.6 Å². The van der Waals surface area contributed by atoms with Crippen molar-refractivity contribution < 1.29 is 14.1 Å². The fraction of sp³-hybridized carbons (Fsp3) is 0.154. The standard InChI is InChI=1S/C13H12FN3O3/c1-2-15-11-7-4-8-12(16-11)20-13-9(14)5-3-6-10(13)17(18)19/h3-8H,2H2,1H3,(H,15,16). The SMILES string of the molecule is CCNc1cccc(Oc2c(F)cccc2[N+](=O)[O-])n1. The Morgan fingerprint density at radius 2 is 2.10 bits per heavy atom. The molecule has 1 aromatic heterocycles. The van der Waals surface area contributed by atoms with Gasteiger partial charge in [0.25, 0.3) is 0 Å². The van der Waals surface area contributed by atoms with E-state index >= 15 is 0 Å². The first-order valence-corrected chi connectivity index (χ1v) is 5.93. The van der Waals surface area contributed by atoms with Crippen molar-refractivity contribution in [2.75, 3.05) is 11.9 Å². The summed E-state index contributed by atoms with van der Waals surface area (Å²) in [6.45, 7) is 2.56. The maximum Gasteiger partial charge on any atom is 0.314 e. The van der Waals surface area contributed by atoms with Crippen LogP contribution in [-0.4, -0.2) is 16.5 Å². The topological polar surface area (TPSA) is 77.3 Å². The summed E-state index contributed by atoms with van der Waals surface area (Å²) in [5.41, 5.74) is -0.444. The molecule has 2 aromatic rings. The van der Waals surface area contributed by atoms with Crippen LogP contribution in [0.1, 0.15) is 6.92 Å². The lowest BCUT2D eigenvalue weighted by molar-refractivity contribution is -0.385. The first-order valence-electron chi connectivity index (χ1n) is 5.93. The van der Waals surface area contributed by atoms with E-state index in [1.54, 1.807) is 12.1 Å². The number of aromatic nitrogens is 1. The molecular weight excluding hydrogens is 265 g/mol. The highest BCUT2D eigenvalue weighted by atomic mass is 19.1. The monoisotopic (exact) mass is 277 g/mol. The first kappa shape index (κ1) is 13.7. The minimum absolute atomic E-state index is 0.0802. The summed E-state index contributed by atoms with van der Waals surface area (Å²) in [5.74, 6) is -0.630. The number of benzene rings is 1. The molecule has 20 heavy (non-hydrogen) atoms. The fourth-order valence-electron chi connectivity index (χ4n) is 1.60. The highest BCUT2D eigenvalue weighted by molar-refractivity contribution is 5.49. The number of hydrogen-bond donors (Lipinski definition) is 1. The Hall–Kier alpha value is -2.70. The van der Waals surface area contributed by atoms with Crippen molar-refractivity contribution in [3.63, 3.8) is 0 Å². The van der Waals surface area contributed by atoms with Gasteiger partial charge in [0.2, 0.25) is 11.6 Å². The van der Waals surface area contributed by atoms with Gasteiger partial charge in [-0.2, -0.15) is 4.98 Å². The third-order valence-corrected chi connectivity index (χ3v) is 2.43. The summed E-state index contributed by atoms with van der Waals surface area (Å²) in [4.78, 5) is 14.2. The smallest absolute Gasteiger partial charge is 0.314 e. The molecule has 0 fully saturated rings. The van der Waals surface area contributed by atoms with Crippen LogP contribution in [0, 0.1) is 15.9 Å². The summed E-state index contributed by atoms with van der Waals surface area (Å²) in [7, 11) is 0. The molecule has 0 aliphatic carbocycles. The van der Waals surface area contributed by atoms with E-state index < -0.39 is 22.2 Å². The number of nitrogens with one attached hydrogen (secondary N) is 1. The number of rotatable bonds is 5. The van der Waals surface area contributed by atoms with Gasteiger partial charge in [-0.05, 0) is 19.1 Å². The molecule has 1 heterocycles. The molecule has 0 spiro atoms. The van der Waals surface area contributed by atoms with Crippen LogP contribution < -0.4 is 10.1 Å². The molecule has 0 unspecified atom stereocenters. The molecule has 0 bridgehead atoms. The van der Waals surface area contributed by atoms with Gasteiger partial charge in [0.15, 0.2) is 5.82 Å². The minimum Gasteiger partial charge on any atom is -0.429 e. The molecule has 0 aliphatic heterocycles. The highest BCUT2D eigenvalue weighted by Crippen LogP contribution is 2.33. The van der Waals surface area contributed by atoms with Crippen molar-refractivity contribution in [1.82, 2.24) is 4.98 Å². The molecule has 2 rings (SSSR count). The van der Waals surface area contributed by atoms with Crippen molar-refractivity contribution in [3.05, 3.63) is 52.3 Å². The summed E-state index contributed by atoms with van der Waals surface area (Å²) < 4.78 is 18.9. The van der Waals surface area contributed by atoms with Crippen molar-refractivity contribution in [2.24, 2.45) is 0 Å². The molecule has 1 aromatic carbocycles. The summed E-state index contributed by atoms with van der Waals surface area (Å²) in [6, 6.07) is 8.39. The van der Waals surface area contributed by atoms with Crippen LogP contribution in [0.2, 0.25) is 0 Å². The summed E-state index contributed by atoms with van der Waals surface area (Å²) >= 11 is 0. The van der Waals surface area contributed by atoms with Crippen LogP contribution in [0.5, 0.6) is 11.6 Å². The predicted molar refractivity (Wildman–Crippen MR) is 71.5 cm³/mol. The molecule has 0 atom stereocenters. The van der Waals surface area contributed by atoms with E-state index in [4.69, 9.17) is 4.74 Å². The number of pyridine rings is 1. The predicted octanol–water partition coefficient (Wildman–Crippen LogP) is 3.35. The molecule has 0 saturated heterocycles. The molecule has 1 N–H and O–H groups in total. The maximum absolute atomic E-state index is 13.7. The van der Waals surface area contributed by atoms with Gasteiger partial charge in [-0.1, -0.05) is 12.1 Å². The van der Waals surface area contributed by atoms with Gasteiger partial charge in [-0.3, -0.25) is 10.1 Å². The average molecular weight is 277 g/mol. The number of halogens is 1. The molecule has 0 saturated carbocycles. The van der Waals surface area contributed by atoms with E-state index in [1.807, 2.05) is 6.92 Å². The zero-order chi connectivity index (χ0) is 14.5. The molecular formula is C13H12FN3O3. The van der Waals surface area contributed by atoms with Crippen molar-refractivity contribution >= 4 is 11.5 Å². The lowest BCUT2D eigenvalue weighted by atomic mass is 10.3. The van der Waals surface area contributed by atoms with E-state index in [0.29, 0.717) is 12.4 Å². The molecule has 104 valence electrons. The van der Waals surface area contributed by atoms with Crippen LogP contribution in [0.15, 0.2) is 36.4 Å². The van der Waals surface area contributed by atoms with Crippen LogP contribution in [0.25, 0.3) is 0 Å². The van der Waals surface area contributed by atoms with Gasteiger partial charge in [0.1, 0.15) is 5.82 Å². The molecule has 0 aliphatic rings. The van der Waals surface area contributed by atoms with Gasteiger partial charge in [0.05, 0.1) is 4.92 Å². The zero-order valence-electron chi connectivity index (χ0n) is 10.7. The van der Waals surface area contributed by atoms with Crippen LogP contribution in [0.3, 0.4) is 0 Å². The lowest BCUT2D eigenvalue weighted by Crippen LogP contribution is -2.01. The van der Waals surface area contributed by atoms with Crippen LogP contribution in [0.4, 0.5) is 15.9 Å². The second kappa shape index (κ2) is 5.96.